The number of hydrogen-bond donors (Lipinski definition) is 5. The minimum absolute atomic E-state index is 0.0755. The van der Waals surface area contributed by atoms with Crippen molar-refractivity contribution in [3.05, 3.63) is 108 Å². The summed E-state index contributed by atoms with van der Waals surface area (Å²) in [6, 6.07) is 27.2. The minimum atomic E-state index is -0.757. The van der Waals surface area contributed by atoms with Crippen molar-refractivity contribution in [2.24, 2.45) is 5.92 Å². The standard InChI is InChI=1S/C37H46N6O3S/c1-3-39-37(47)40-22-21-28-24-29-19-20-31(35(45)41-32(26-15-9-5-10-16-26)27-17-11-6-12-18-27)43(29)36(46)33(28)42-34(44)30(38-2)23-25-13-7-4-8-14-25/h4-18,28-33,38H,3,19-24H2,1-2H3,(H,41,45)(H,42,44)(H2,39,40,47)/t28?,29?,30?,31-,33?/m0/s1. The van der Waals surface area contributed by atoms with Gasteiger partial charge in [0.05, 0.1) is 12.1 Å². The number of piperidine rings is 1. The van der Waals surface area contributed by atoms with Gasteiger partial charge in [0.1, 0.15) is 12.1 Å². The van der Waals surface area contributed by atoms with Crippen molar-refractivity contribution in [2.45, 2.75) is 69.2 Å². The van der Waals surface area contributed by atoms with Gasteiger partial charge < -0.3 is 31.5 Å². The van der Waals surface area contributed by atoms with Crippen LogP contribution in [0.5, 0.6) is 0 Å². The van der Waals surface area contributed by atoms with E-state index in [-0.39, 0.29) is 35.7 Å². The third-order valence-corrected chi connectivity index (χ3v) is 9.60. The molecule has 5 rings (SSSR count). The lowest BCUT2D eigenvalue weighted by Crippen LogP contribution is -2.63. The summed E-state index contributed by atoms with van der Waals surface area (Å²) in [6.45, 7) is 3.27. The molecule has 47 heavy (non-hydrogen) atoms. The van der Waals surface area contributed by atoms with E-state index in [1.165, 1.54) is 0 Å². The second-order valence-electron chi connectivity index (χ2n) is 12.3. The zero-order valence-corrected chi connectivity index (χ0v) is 28.0. The molecule has 3 aromatic carbocycles. The number of carbonyl (C=O) groups excluding carboxylic acids is 3. The average Bonchev–Trinajstić information content (AvgIpc) is 3.53. The topological polar surface area (TPSA) is 115 Å². The number of fused-ring (bicyclic) bond motifs is 1. The lowest BCUT2D eigenvalue weighted by Gasteiger charge is -2.43. The van der Waals surface area contributed by atoms with Crippen molar-refractivity contribution in [3.8, 4) is 0 Å². The molecule has 0 bridgehead atoms. The highest BCUT2D eigenvalue weighted by Gasteiger charge is 2.50. The first-order valence-electron chi connectivity index (χ1n) is 16.6. The van der Waals surface area contributed by atoms with E-state index in [2.05, 4.69) is 26.6 Å². The minimum Gasteiger partial charge on any atom is -0.363 e. The zero-order chi connectivity index (χ0) is 33.2. The summed E-state index contributed by atoms with van der Waals surface area (Å²) in [6.07, 6.45) is 3.14. The molecule has 0 aliphatic carbocycles. The summed E-state index contributed by atoms with van der Waals surface area (Å²) in [7, 11) is 1.76. The van der Waals surface area contributed by atoms with Gasteiger partial charge in [-0.3, -0.25) is 14.4 Å². The van der Waals surface area contributed by atoms with Crippen molar-refractivity contribution in [1.82, 2.24) is 31.5 Å². The smallest absolute Gasteiger partial charge is 0.246 e. The fraction of sp³-hybridized carbons (Fsp3) is 0.405. The lowest BCUT2D eigenvalue weighted by atomic mass is 9.83. The summed E-state index contributed by atoms with van der Waals surface area (Å²) < 4.78 is 0. The molecular formula is C37H46N6O3S. The van der Waals surface area contributed by atoms with Gasteiger partial charge in [-0.2, -0.15) is 0 Å². The van der Waals surface area contributed by atoms with Crippen LogP contribution in [0.15, 0.2) is 91.0 Å². The van der Waals surface area contributed by atoms with E-state index < -0.39 is 18.1 Å². The van der Waals surface area contributed by atoms with Gasteiger partial charge in [-0.1, -0.05) is 91.0 Å². The van der Waals surface area contributed by atoms with Gasteiger partial charge in [0, 0.05) is 19.1 Å². The second-order valence-corrected chi connectivity index (χ2v) is 12.8. The van der Waals surface area contributed by atoms with E-state index in [0.717, 1.165) is 29.7 Å². The van der Waals surface area contributed by atoms with Crippen LogP contribution in [0.25, 0.3) is 0 Å². The predicted octanol–water partition coefficient (Wildman–Crippen LogP) is 3.46. The largest absolute Gasteiger partial charge is 0.363 e. The molecule has 0 spiro atoms. The van der Waals surface area contributed by atoms with Gasteiger partial charge in [0.25, 0.3) is 0 Å². The van der Waals surface area contributed by atoms with Gasteiger partial charge >= 0.3 is 0 Å². The molecule has 2 aliphatic heterocycles. The van der Waals surface area contributed by atoms with Crippen LogP contribution in [0.3, 0.4) is 0 Å². The Hall–Kier alpha value is -4.28. The Morgan fingerprint density at radius 2 is 1.51 bits per heavy atom. The molecular weight excluding hydrogens is 609 g/mol. The number of rotatable bonds is 13. The highest BCUT2D eigenvalue weighted by molar-refractivity contribution is 7.80. The number of thiocarbonyl (C=S) groups is 1. The molecule has 5 atom stereocenters. The van der Waals surface area contributed by atoms with Crippen LogP contribution < -0.4 is 26.6 Å². The lowest BCUT2D eigenvalue weighted by molar-refractivity contribution is -0.149. The Morgan fingerprint density at radius 1 is 0.894 bits per heavy atom. The molecule has 0 aromatic heterocycles. The molecule has 3 aromatic rings. The van der Waals surface area contributed by atoms with Crippen LogP contribution in [0, 0.1) is 5.92 Å². The van der Waals surface area contributed by atoms with E-state index >= 15 is 0 Å². The molecule has 0 saturated carbocycles. The number of nitrogens with zero attached hydrogens (tertiary/aromatic N) is 1. The van der Waals surface area contributed by atoms with Crippen molar-refractivity contribution < 1.29 is 14.4 Å². The number of benzene rings is 3. The Labute approximate surface area is 283 Å². The zero-order valence-electron chi connectivity index (χ0n) is 27.2. The number of likely N-dealkylation sites (N-methyl/N-ethyl adjacent to an activating group) is 1. The Morgan fingerprint density at radius 3 is 2.11 bits per heavy atom. The van der Waals surface area contributed by atoms with Crippen LogP contribution in [0.1, 0.15) is 55.3 Å². The molecule has 248 valence electrons. The first kappa shape index (κ1) is 34.1. The summed E-state index contributed by atoms with van der Waals surface area (Å²) in [5.41, 5.74) is 2.96. The first-order valence-corrected chi connectivity index (χ1v) is 17.1. The van der Waals surface area contributed by atoms with Crippen molar-refractivity contribution >= 4 is 35.1 Å². The normalized spacial score (nSPS) is 21.1. The monoisotopic (exact) mass is 654 g/mol. The van der Waals surface area contributed by atoms with Gasteiger partial charge in [0.2, 0.25) is 17.7 Å². The van der Waals surface area contributed by atoms with Crippen molar-refractivity contribution in [3.63, 3.8) is 0 Å². The SMILES string of the molecule is CCNC(=S)NCCC1CC2CC[C@@H](C(=O)NC(c3ccccc3)c3ccccc3)N2C(=O)C1NC(=O)C(Cc1ccccc1)NC. The molecule has 2 fully saturated rings. The van der Waals surface area contributed by atoms with Crippen LogP contribution in [-0.2, 0) is 20.8 Å². The first-order chi connectivity index (χ1) is 22.9. The fourth-order valence-electron chi connectivity index (χ4n) is 6.93. The molecule has 0 radical (unpaired) electrons. The van der Waals surface area contributed by atoms with Crippen molar-refractivity contribution in [2.75, 3.05) is 20.1 Å². The van der Waals surface area contributed by atoms with Crippen molar-refractivity contribution in [1.29, 1.82) is 0 Å². The van der Waals surface area contributed by atoms with E-state index in [1.54, 1.807) is 11.9 Å². The van der Waals surface area contributed by atoms with Gasteiger partial charge in [0.15, 0.2) is 5.11 Å². The molecule has 3 amide bonds. The summed E-state index contributed by atoms with van der Waals surface area (Å²) in [5.74, 6) is -0.723. The number of amides is 3. The average molecular weight is 655 g/mol. The van der Waals surface area contributed by atoms with E-state index in [1.807, 2.05) is 97.9 Å². The number of nitrogens with one attached hydrogen (secondary N) is 5. The Balaban J connectivity index is 1.35. The van der Waals surface area contributed by atoms with Gasteiger partial charge in [-0.05, 0) is 80.9 Å². The molecule has 5 N–H and O–H groups in total. The van der Waals surface area contributed by atoms with Crippen LogP contribution in [0.4, 0.5) is 0 Å². The molecule has 10 heteroatoms. The second kappa shape index (κ2) is 16.5. The van der Waals surface area contributed by atoms with Gasteiger partial charge in [-0.25, -0.2) is 0 Å². The number of carbonyl (C=O) groups is 3. The quantitative estimate of drug-likeness (QED) is 0.180. The summed E-state index contributed by atoms with van der Waals surface area (Å²) >= 11 is 5.36. The predicted molar refractivity (Wildman–Crippen MR) is 188 cm³/mol. The highest BCUT2D eigenvalue weighted by Crippen LogP contribution is 2.37. The van der Waals surface area contributed by atoms with E-state index in [4.69, 9.17) is 12.2 Å². The Kier molecular flexibility index (Phi) is 12.0. The van der Waals surface area contributed by atoms with Gasteiger partial charge in [-0.15, -0.1) is 0 Å². The third kappa shape index (κ3) is 8.55. The molecule has 2 saturated heterocycles. The Bertz CT molecular complexity index is 1450. The fourth-order valence-corrected chi connectivity index (χ4v) is 7.18. The number of hydrogen-bond acceptors (Lipinski definition) is 5. The maximum atomic E-state index is 14.4. The maximum Gasteiger partial charge on any atom is 0.246 e. The maximum absolute atomic E-state index is 14.4. The molecule has 4 unspecified atom stereocenters. The van der Waals surface area contributed by atoms with E-state index in [0.29, 0.717) is 37.3 Å². The summed E-state index contributed by atoms with van der Waals surface area (Å²) in [4.78, 5) is 43.9. The van der Waals surface area contributed by atoms with Crippen LogP contribution in [0.2, 0.25) is 0 Å². The highest BCUT2D eigenvalue weighted by atomic mass is 32.1. The molecule has 2 aliphatic rings. The molecule has 9 nitrogen and oxygen atoms in total. The molecule has 2 heterocycles. The van der Waals surface area contributed by atoms with E-state index in [9.17, 15) is 14.4 Å². The third-order valence-electron chi connectivity index (χ3n) is 9.31. The summed E-state index contributed by atoms with van der Waals surface area (Å²) in [5, 5.41) is 16.4. The van der Waals surface area contributed by atoms with Crippen LogP contribution >= 0.6 is 12.2 Å². The van der Waals surface area contributed by atoms with Crippen LogP contribution in [-0.4, -0.2) is 72.0 Å².